The molecule has 0 radical (unpaired) electrons. The minimum Gasteiger partial charge on any atom is -0.340 e. The molecule has 1 aliphatic rings. The molecule has 1 aliphatic heterocycles. The van der Waals surface area contributed by atoms with Gasteiger partial charge in [-0.05, 0) is 59.3 Å². The van der Waals surface area contributed by atoms with E-state index in [1.165, 1.54) is 6.07 Å². The molecule has 152 valence electrons. The number of piperidine rings is 1. The van der Waals surface area contributed by atoms with Gasteiger partial charge in [0, 0.05) is 38.3 Å². The number of amides is 1. The zero-order chi connectivity index (χ0) is 20.0. The molecule has 0 aromatic heterocycles. The molecule has 2 rings (SSSR count). The Bertz CT molecular complexity index is 614. The lowest BCUT2D eigenvalue weighted by Gasteiger charge is -2.37. The summed E-state index contributed by atoms with van der Waals surface area (Å²) in [6.07, 6.45) is 2.16. The van der Waals surface area contributed by atoms with E-state index in [1.54, 1.807) is 19.9 Å². The van der Waals surface area contributed by atoms with Crippen molar-refractivity contribution in [3.8, 4) is 0 Å². The van der Waals surface area contributed by atoms with Crippen LogP contribution in [0.5, 0.6) is 0 Å². The van der Waals surface area contributed by atoms with Gasteiger partial charge in [0.1, 0.15) is 5.82 Å². The van der Waals surface area contributed by atoms with E-state index in [2.05, 4.69) is 9.80 Å². The Morgan fingerprint density at radius 2 is 2.00 bits per heavy atom. The number of likely N-dealkylation sites (tertiary alicyclic amines) is 1. The van der Waals surface area contributed by atoms with Crippen molar-refractivity contribution in [3.63, 3.8) is 0 Å². The predicted molar refractivity (Wildman–Crippen MR) is 108 cm³/mol. The molecule has 1 heterocycles. The van der Waals surface area contributed by atoms with Gasteiger partial charge in [0.25, 0.3) is 0 Å². The highest BCUT2D eigenvalue weighted by molar-refractivity contribution is 5.85. The van der Waals surface area contributed by atoms with Gasteiger partial charge in [0.05, 0.1) is 5.54 Å². The van der Waals surface area contributed by atoms with Crippen molar-refractivity contribution in [3.05, 3.63) is 35.6 Å². The Morgan fingerprint density at radius 1 is 1.30 bits per heavy atom. The molecular formula is C21H35FN4O. The Kier molecular flexibility index (Phi) is 7.77. The number of hydrogen-bond acceptors (Lipinski definition) is 4. The van der Waals surface area contributed by atoms with Gasteiger partial charge in [-0.3, -0.25) is 9.69 Å². The molecular weight excluding hydrogens is 343 g/mol. The highest BCUT2D eigenvalue weighted by Crippen LogP contribution is 2.21. The summed E-state index contributed by atoms with van der Waals surface area (Å²) in [5.41, 5.74) is 5.95. The lowest BCUT2D eigenvalue weighted by Crippen LogP contribution is -2.54. The molecule has 2 N–H and O–H groups in total. The number of rotatable bonds is 8. The minimum atomic E-state index is -0.867. The minimum absolute atomic E-state index is 0.00410. The van der Waals surface area contributed by atoms with Gasteiger partial charge in [0.15, 0.2) is 0 Å². The number of likely N-dealkylation sites (N-methyl/N-ethyl adjacent to an activating group) is 1. The largest absolute Gasteiger partial charge is 0.340 e. The maximum absolute atomic E-state index is 14.0. The van der Waals surface area contributed by atoms with Crippen LogP contribution in [-0.4, -0.2) is 73.0 Å². The number of benzene rings is 1. The molecule has 1 aromatic rings. The van der Waals surface area contributed by atoms with Crippen LogP contribution >= 0.6 is 0 Å². The summed E-state index contributed by atoms with van der Waals surface area (Å²) in [5.74, 6) is 0.238. The van der Waals surface area contributed by atoms with Crippen molar-refractivity contribution < 1.29 is 9.18 Å². The number of nitrogens with zero attached hydrogens (tertiary/aromatic N) is 3. The molecule has 1 atom stereocenters. The Hall–Kier alpha value is -1.50. The topological polar surface area (TPSA) is 52.8 Å². The summed E-state index contributed by atoms with van der Waals surface area (Å²) in [7, 11) is 4.01. The number of carbonyl (C=O) groups excluding carboxylic acids is 1. The van der Waals surface area contributed by atoms with Crippen LogP contribution in [0.4, 0.5) is 4.39 Å². The second kappa shape index (κ2) is 9.62. The lowest BCUT2D eigenvalue weighted by molar-refractivity contribution is -0.137. The van der Waals surface area contributed by atoms with Crippen LogP contribution in [0.25, 0.3) is 0 Å². The third-order valence-corrected chi connectivity index (χ3v) is 5.09. The van der Waals surface area contributed by atoms with E-state index in [9.17, 15) is 9.18 Å². The Balaban J connectivity index is 1.99. The molecule has 0 saturated carbocycles. The third-order valence-electron chi connectivity index (χ3n) is 5.09. The van der Waals surface area contributed by atoms with E-state index in [0.717, 1.165) is 38.0 Å². The Labute approximate surface area is 163 Å². The molecule has 27 heavy (non-hydrogen) atoms. The van der Waals surface area contributed by atoms with E-state index in [1.807, 2.05) is 31.1 Å². The van der Waals surface area contributed by atoms with E-state index < -0.39 is 5.54 Å². The van der Waals surface area contributed by atoms with Gasteiger partial charge in [-0.15, -0.1) is 0 Å². The van der Waals surface area contributed by atoms with Crippen molar-refractivity contribution in [1.29, 1.82) is 0 Å². The first-order valence-electron chi connectivity index (χ1n) is 9.85. The second-order valence-corrected chi connectivity index (χ2v) is 8.61. The summed E-state index contributed by atoms with van der Waals surface area (Å²) < 4.78 is 14.0. The maximum Gasteiger partial charge on any atom is 0.242 e. The molecule has 1 saturated heterocycles. The summed E-state index contributed by atoms with van der Waals surface area (Å²) in [4.78, 5) is 19.1. The molecule has 6 heteroatoms. The van der Waals surface area contributed by atoms with E-state index >= 15 is 0 Å². The highest BCUT2D eigenvalue weighted by atomic mass is 19.1. The third kappa shape index (κ3) is 6.87. The number of carbonyl (C=O) groups is 1. The van der Waals surface area contributed by atoms with Crippen molar-refractivity contribution in [2.24, 2.45) is 11.7 Å². The van der Waals surface area contributed by atoms with Crippen LogP contribution < -0.4 is 5.73 Å². The quantitative estimate of drug-likeness (QED) is 0.753. The zero-order valence-electron chi connectivity index (χ0n) is 17.2. The molecule has 1 fully saturated rings. The van der Waals surface area contributed by atoms with Gasteiger partial charge >= 0.3 is 0 Å². The summed E-state index contributed by atoms with van der Waals surface area (Å²) >= 11 is 0. The summed E-state index contributed by atoms with van der Waals surface area (Å²) in [5, 5.41) is 0. The average Bonchev–Trinajstić information content (AvgIpc) is 2.59. The van der Waals surface area contributed by atoms with Gasteiger partial charge in [-0.25, -0.2) is 4.39 Å². The van der Waals surface area contributed by atoms with Crippen molar-refractivity contribution in [2.75, 3.05) is 46.8 Å². The fourth-order valence-electron chi connectivity index (χ4n) is 3.63. The molecule has 0 aliphatic carbocycles. The lowest BCUT2D eigenvalue weighted by atomic mass is 9.95. The van der Waals surface area contributed by atoms with Crippen LogP contribution in [0.15, 0.2) is 24.3 Å². The van der Waals surface area contributed by atoms with Crippen molar-refractivity contribution in [1.82, 2.24) is 14.7 Å². The van der Waals surface area contributed by atoms with Crippen molar-refractivity contribution in [2.45, 2.75) is 38.8 Å². The van der Waals surface area contributed by atoms with Gasteiger partial charge in [0.2, 0.25) is 5.91 Å². The normalized spacial score (nSPS) is 18.7. The fourth-order valence-corrected chi connectivity index (χ4v) is 3.63. The summed E-state index contributed by atoms with van der Waals surface area (Å²) in [6.45, 7) is 8.21. The average molecular weight is 379 g/mol. The van der Waals surface area contributed by atoms with Gasteiger partial charge in [-0.2, -0.15) is 0 Å². The monoisotopic (exact) mass is 378 g/mol. The van der Waals surface area contributed by atoms with E-state index in [4.69, 9.17) is 5.73 Å². The van der Waals surface area contributed by atoms with E-state index in [0.29, 0.717) is 25.6 Å². The van der Waals surface area contributed by atoms with E-state index in [-0.39, 0.29) is 11.7 Å². The Morgan fingerprint density at radius 3 is 2.63 bits per heavy atom. The molecule has 0 bridgehead atoms. The van der Waals surface area contributed by atoms with Crippen molar-refractivity contribution >= 4 is 5.91 Å². The maximum atomic E-state index is 14.0. The molecule has 1 aromatic carbocycles. The first-order chi connectivity index (χ1) is 12.7. The number of nitrogens with two attached hydrogens (primary N) is 1. The van der Waals surface area contributed by atoms with Crippen LogP contribution in [-0.2, 0) is 11.3 Å². The first kappa shape index (κ1) is 21.8. The molecule has 0 spiro atoms. The zero-order valence-corrected chi connectivity index (χ0v) is 17.2. The predicted octanol–water partition coefficient (Wildman–Crippen LogP) is 2.17. The number of hydrogen-bond donors (Lipinski definition) is 1. The van der Waals surface area contributed by atoms with Crippen LogP contribution in [0, 0.1) is 11.7 Å². The summed E-state index contributed by atoms with van der Waals surface area (Å²) in [6, 6.07) is 6.97. The van der Waals surface area contributed by atoms with Crippen LogP contribution in [0.1, 0.15) is 32.3 Å². The molecule has 5 nitrogen and oxygen atoms in total. The number of halogens is 1. The molecule has 1 unspecified atom stereocenters. The highest BCUT2D eigenvalue weighted by Gasteiger charge is 2.30. The van der Waals surface area contributed by atoms with Crippen LogP contribution in [0.3, 0.4) is 0 Å². The van der Waals surface area contributed by atoms with Crippen LogP contribution in [0.2, 0.25) is 0 Å². The smallest absolute Gasteiger partial charge is 0.242 e. The van der Waals surface area contributed by atoms with Gasteiger partial charge in [-0.1, -0.05) is 18.2 Å². The van der Waals surface area contributed by atoms with Gasteiger partial charge < -0.3 is 15.5 Å². The standard InChI is InChI=1S/C21H35FN4O/c1-21(2,23)20(27)26(13-12-24(3)4)15-17-8-7-11-25(14-17)16-18-9-5-6-10-19(18)22/h5-6,9-10,17H,7-8,11-16,23H2,1-4H3. The second-order valence-electron chi connectivity index (χ2n) is 8.61. The SMILES string of the molecule is CN(C)CCN(CC1CCCN(Cc2ccccc2F)C1)C(=O)C(C)(C)N. The fraction of sp³-hybridized carbons (Fsp3) is 0.667. The first-order valence-corrected chi connectivity index (χ1v) is 9.85. The molecule has 1 amide bonds.